The van der Waals surface area contributed by atoms with Gasteiger partial charge in [-0.3, -0.25) is 4.79 Å². The molecule has 1 aliphatic heterocycles. The minimum atomic E-state index is -0.540. The first-order valence-electron chi connectivity index (χ1n) is 7.22. The first-order chi connectivity index (χ1) is 9.58. The molecule has 2 atom stereocenters. The summed E-state index contributed by atoms with van der Waals surface area (Å²) >= 11 is 3.32. The first kappa shape index (κ1) is 14.0. The molecule has 1 saturated carbocycles. The van der Waals surface area contributed by atoms with E-state index in [1.54, 1.807) is 12.3 Å². The van der Waals surface area contributed by atoms with Crippen molar-refractivity contribution in [2.75, 3.05) is 13.1 Å². The Bertz CT molecular complexity index is 505. The number of nitrogens with zero attached hydrogens (tertiary/aromatic N) is 2. The summed E-state index contributed by atoms with van der Waals surface area (Å²) in [5, 5.41) is 10.6. The Morgan fingerprint density at radius 1 is 1.40 bits per heavy atom. The van der Waals surface area contributed by atoms with Crippen LogP contribution >= 0.6 is 15.9 Å². The SMILES string of the molecule is O=C(c1ccc(Br)cn1)N1CCC2(O)CCCCC2C1. The number of hydrogen-bond acceptors (Lipinski definition) is 3. The Hall–Kier alpha value is -0.940. The van der Waals surface area contributed by atoms with Gasteiger partial charge >= 0.3 is 0 Å². The number of halogens is 1. The molecule has 2 fully saturated rings. The van der Waals surface area contributed by atoms with Crippen LogP contribution in [0.2, 0.25) is 0 Å². The highest BCUT2D eigenvalue weighted by molar-refractivity contribution is 9.10. The molecule has 0 aromatic carbocycles. The normalized spacial score (nSPS) is 29.9. The zero-order valence-corrected chi connectivity index (χ0v) is 13.0. The Labute approximate surface area is 127 Å². The van der Waals surface area contributed by atoms with Crippen LogP contribution in [0, 0.1) is 5.92 Å². The molecule has 5 heteroatoms. The number of piperidine rings is 1. The summed E-state index contributed by atoms with van der Waals surface area (Å²) in [6, 6.07) is 3.58. The van der Waals surface area contributed by atoms with E-state index >= 15 is 0 Å². The molecule has 1 saturated heterocycles. The monoisotopic (exact) mass is 338 g/mol. The number of aliphatic hydroxyl groups is 1. The third-order valence-electron chi connectivity index (χ3n) is 4.66. The second kappa shape index (κ2) is 5.45. The molecule has 1 aromatic rings. The highest BCUT2D eigenvalue weighted by atomic mass is 79.9. The number of fused-ring (bicyclic) bond motifs is 1. The molecule has 1 amide bonds. The fourth-order valence-electron chi connectivity index (χ4n) is 3.42. The van der Waals surface area contributed by atoms with Crippen LogP contribution in [0.25, 0.3) is 0 Å². The number of pyridine rings is 1. The summed E-state index contributed by atoms with van der Waals surface area (Å²) in [7, 11) is 0. The summed E-state index contributed by atoms with van der Waals surface area (Å²) in [5.74, 6) is 0.203. The molecular formula is C15H19BrN2O2. The average Bonchev–Trinajstić information content (AvgIpc) is 2.46. The molecule has 20 heavy (non-hydrogen) atoms. The lowest BCUT2D eigenvalue weighted by Gasteiger charge is -2.47. The number of aromatic nitrogens is 1. The second-order valence-corrected chi connectivity index (χ2v) is 6.82. The molecule has 1 aliphatic carbocycles. The minimum Gasteiger partial charge on any atom is -0.389 e. The smallest absolute Gasteiger partial charge is 0.272 e. The van der Waals surface area contributed by atoms with Gasteiger partial charge in [-0.1, -0.05) is 12.8 Å². The van der Waals surface area contributed by atoms with Gasteiger partial charge in [0.25, 0.3) is 5.91 Å². The van der Waals surface area contributed by atoms with Gasteiger partial charge < -0.3 is 10.0 Å². The maximum absolute atomic E-state index is 12.5. The third kappa shape index (κ3) is 2.61. The van der Waals surface area contributed by atoms with Crippen LogP contribution in [0.4, 0.5) is 0 Å². The van der Waals surface area contributed by atoms with Gasteiger partial charge in [0.15, 0.2) is 0 Å². The largest absolute Gasteiger partial charge is 0.389 e. The van der Waals surface area contributed by atoms with Gasteiger partial charge in [-0.25, -0.2) is 4.98 Å². The lowest BCUT2D eigenvalue weighted by Crippen LogP contribution is -2.54. The van der Waals surface area contributed by atoms with Crippen LogP contribution < -0.4 is 0 Å². The van der Waals surface area contributed by atoms with Crippen LogP contribution in [0.1, 0.15) is 42.6 Å². The molecule has 0 spiro atoms. The van der Waals surface area contributed by atoms with Crippen LogP contribution in [-0.4, -0.2) is 39.6 Å². The summed E-state index contributed by atoms with van der Waals surface area (Å²) in [6.07, 6.45) is 6.51. The van der Waals surface area contributed by atoms with E-state index in [0.29, 0.717) is 25.2 Å². The van der Waals surface area contributed by atoms with Gasteiger partial charge in [-0.2, -0.15) is 0 Å². The fraction of sp³-hybridized carbons (Fsp3) is 0.600. The van der Waals surface area contributed by atoms with Crippen molar-refractivity contribution in [1.82, 2.24) is 9.88 Å². The van der Waals surface area contributed by atoms with Crippen molar-refractivity contribution in [3.05, 3.63) is 28.5 Å². The number of hydrogen-bond donors (Lipinski definition) is 1. The molecule has 3 rings (SSSR count). The Kier molecular flexibility index (Phi) is 3.82. The second-order valence-electron chi connectivity index (χ2n) is 5.91. The highest BCUT2D eigenvalue weighted by Gasteiger charge is 2.43. The van der Waals surface area contributed by atoms with E-state index < -0.39 is 5.60 Å². The van der Waals surface area contributed by atoms with Gasteiger partial charge in [0.2, 0.25) is 0 Å². The fourth-order valence-corrected chi connectivity index (χ4v) is 3.65. The Morgan fingerprint density at radius 3 is 3.00 bits per heavy atom. The lowest BCUT2D eigenvalue weighted by molar-refractivity contribution is -0.0886. The molecule has 2 unspecified atom stereocenters. The number of carbonyl (C=O) groups excluding carboxylic acids is 1. The Balaban J connectivity index is 1.72. The van der Waals surface area contributed by atoms with Gasteiger partial charge in [-0.15, -0.1) is 0 Å². The molecule has 0 radical (unpaired) electrons. The zero-order chi connectivity index (χ0) is 14.2. The number of likely N-dealkylation sites (tertiary alicyclic amines) is 1. The van der Waals surface area contributed by atoms with E-state index in [0.717, 1.165) is 30.2 Å². The van der Waals surface area contributed by atoms with Gasteiger partial charge in [0, 0.05) is 29.7 Å². The van der Waals surface area contributed by atoms with E-state index in [1.165, 1.54) is 0 Å². The third-order valence-corrected chi connectivity index (χ3v) is 5.13. The Morgan fingerprint density at radius 2 is 2.25 bits per heavy atom. The zero-order valence-electron chi connectivity index (χ0n) is 11.4. The molecule has 2 heterocycles. The average molecular weight is 339 g/mol. The van der Waals surface area contributed by atoms with Crippen LogP contribution in [-0.2, 0) is 0 Å². The van der Waals surface area contributed by atoms with E-state index in [-0.39, 0.29) is 11.8 Å². The summed E-state index contributed by atoms with van der Waals surface area (Å²) < 4.78 is 0.870. The van der Waals surface area contributed by atoms with Gasteiger partial charge in [0.05, 0.1) is 5.60 Å². The van der Waals surface area contributed by atoms with Gasteiger partial charge in [0.1, 0.15) is 5.69 Å². The number of amides is 1. The van der Waals surface area contributed by atoms with Crippen LogP contribution in [0.15, 0.2) is 22.8 Å². The predicted molar refractivity (Wildman–Crippen MR) is 79.4 cm³/mol. The van der Waals surface area contributed by atoms with Crippen molar-refractivity contribution in [2.24, 2.45) is 5.92 Å². The maximum atomic E-state index is 12.5. The highest BCUT2D eigenvalue weighted by Crippen LogP contribution is 2.39. The lowest BCUT2D eigenvalue weighted by atomic mass is 9.71. The summed E-state index contributed by atoms with van der Waals surface area (Å²) in [5.41, 5.74) is -0.0585. The standard InChI is InChI=1S/C15H19BrN2O2/c16-12-4-5-13(17-9-12)14(19)18-8-7-15(20)6-2-1-3-11(15)10-18/h4-5,9,11,20H,1-3,6-8,10H2. The van der Waals surface area contributed by atoms with Crippen molar-refractivity contribution in [1.29, 1.82) is 0 Å². The molecule has 0 bridgehead atoms. The van der Waals surface area contributed by atoms with Crippen molar-refractivity contribution < 1.29 is 9.90 Å². The van der Waals surface area contributed by atoms with E-state index in [1.807, 2.05) is 11.0 Å². The number of carbonyl (C=O) groups is 1. The number of rotatable bonds is 1. The summed E-state index contributed by atoms with van der Waals surface area (Å²) in [6.45, 7) is 1.29. The van der Waals surface area contributed by atoms with E-state index in [4.69, 9.17) is 0 Å². The quantitative estimate of drug-likeness (QED) is 0.856. The minimum absolute atomic E-state index is 0.0230. The van der Waals surface area contributed by atoms with Crippen molar-refractivity contribution in [2.45, 2.75) is 37.7 Å². The van der Waals surface area contributed by atoms with Crippen molar-refractivity contribution in [3.8, 4) is 0 Å². The molecule has 4 nitrogen and oxygen atoms in total. The van der Waals surface area contributed by atoms with Crippen LogP contribution in [0.3, 0.4) is 0 Å². The van der Waals surface area contributed by atoms with Crippen LogP contribution in [0.5, 0.6) is 0 Å². The topological polar surface area (TPSA) is 53.4 Å². The van der Waals surface area contributed by atoms with Crippen molar-refractivity contribution in [3.63, 3.8) is 0 Å². The first-order valence-corrected chi connectivity index (χ1v) is 8.01. The van der Waals surface area contributed by atoms with E-state index in [2.05, 4.69) is 20.9 Å². The predicted octanol–water partition coefficient (Wildman–Crippen LogP) is 2.61. The van der Waals surface area contributed by atoms with Gasteiger partial charge in [-0.05, 0) is 47.3 Å². The molecule has 108 valence electrons. The summed E-state index contributed by atoms with van der Waals surface area (Å²) in [4.78, 5) is 18.5. The molecule has 1 N–H and O–H groups in total. The van der Waals surface area contributed by atoms with Crippen molar-refractivity contribution >= 4 is 21.8 Å². The molecule has 1 aromatic heterocycles. The van der Waals surface area contributed by atoms with E-state index in [9.17, 15) is 9.90 Å². The maximum Gasteiger partial charge on any atom is 0.272 e. The molecule has 2 aliphatic rings. The molecular weight excluding hydrogens is 320 g/mol.